The third-order valence-corrected chi connectivity index (χ3v) is 4.02. The summed E-state index contributed by atoms with van der Waals surface area (Å²) in [4.78, 5) is 0. The van der Waals surface area contributed by atoms with Gasteiger partial charge < -0.3 is 9.84 Å². The van der Waals surface area contributed by atoms with Crippen LogP contribution in [-0.2, 0) is 14.6 Å². The first-order valence-corrected chi connectivity index (χ1v) is 7.15. The van der Waals surface area contributed by atoms with E-state index in [0.29, 0.717) is 19.4 Å². The first-order chi connectivity index (χ1) is 6.83. The quantitative estimate of drug-likeness (QED) is 0.685. The van der Waals surface area contributed by atoms with E-state index in [1.165, 1.54) is 0 Å². The number of ether oxygens (including phenoxy) is 1. The van der Waals surface area contributed by atoms with Gasteiger partial charge in [-0.25, -0.2) is 8.42 Å². The second-order valence-corrected chi connectivity index (χ2v) is 6.45. The maximum absolute atomic E-state index is 11.2. The Labute approximate surface area is 92.6 Å². The van der Waals surface area contributed by atoms with E-state index in [2.05, 4.69) is 0 Å². The molecule has 0 aliphatic rings. The lowest BCUT2D eigenvalue weighted by Crippen LogP contribution is -2.31. The van der Waals surface area contributed by atoms with Crippen LogP contribution in [0.2, 0.25) is 0 Å². The number of sulfone groups is 1. The summed E-state index contributed by atoms with van der Waals surface area (Å²) < 4.78 is 27.5. The van der Waals surface area contributed by atoms with Crippen LogP contribution in [-0.4, -0.2) is 43.8 Å². The van der Waals surface area contributed by atoms with Gasteiger partial charge in [-0.05, 0) is 26.7 Å². The highest BCUT2D eigenvalue weighted by Gasteiger charge is 2.21. The summed E-state index contributed by atoms with van der Waals surface area (Å²) in [6.07, 6.45) is 0.933. The van der Waals surface area contributed by atoms with Crippen LogP contribution < -0.4 is 0 Å². The van der Waals surface area contributed by atoms with Gasteiger partial charge in [0.1, 0.15) is 9.84 Å². The molecule has 0 aliphatic heterocycles. The summed E-state index contributed by atoms with van der Waals surface area (Å²) >= 11 is 0. The van der Waals surface area contributed by atoms with Gasteiger partial charge in [0.05, 0.1) is 18.0 Å². The maximum Gasteiger partial charge on any atom is 0.150 e. The van der Waals surface area contributed by atoms with Crippen LogP contribution in [0.15, 0.2) is 0 Å². The van der Waals surface area contributed by atoms with Crippen molar-refractivity contribution in [3.05, 3.63) is 0 Å². The average molecular weight is 238 g/mol. The zero-order valence-corrected chi connectivity index (χ0v) is 10.6. The van der Waals surface area contributed by atoms with Gasteiger partial charge in [0.15, 0.2) is 0 Å². The summed E-state index contributed by atoms with van der Waals surface area (Å²) in [6.45, 7) is 5.98. The van der Waals surface area contributed by atoms with E-state index in [-0.39, 0.29) is 18.1 Å². The van der Waals surface area contributed by atoms with Gasteiger partial charge in [-0.15, -0.1) is 0 Å². The standard InChI is InChI=1S/C10H22O4S/c1-4-14-9-10(3,11)7-6-8-15(12,13)5-2/h11H,4-9H2,1-3H3. The molecule has 0 aromatic carbocycles. The molecule has 0 aliphatic carbocycles. The van der Waals surface area contributed by atoms with Gasteiger partial charge in [0, 0.05) is 12.4 Å². The molecule has 0 rings (SSSR count). The SMILES string of the molecule is CCOCC(C)(O)CCCS(=O)(=O)CC. The molecule has 1 atom stereocenters. The first-order valence-electron chi connectivity index (χ1n) is 5.33. The summed E-state index contributed by atoms with van der Waals surface area (Å²) in [5.74, 6) is 0.312. The largest absolute Gasteiger partial charge is 0.388 e. The van der Waals surface area contributed by atoms with E-state index in [9.17, 15) is 13.5 Å². The second-order valence-electron chi connectivity index (χ2n) is 3.97. The van der Waals surface area contributed by atoms with Crippen LogP contribution in [0.5, 0.6) is 0 Å². The average Bonchev–Trinajstić information content (AvgIpc) is 2.14. The van der Waals surface area contributed by atoms with E-state index < -0.39 is 15.4 Å². The lowest BCUT2D eigenvalue weighted by atomic mass is 10.0. The third-order valence-electron chi connectivity index (χ3n) is 2.23. The number of aliphatic hydroxyl groups is 1. The van der Waals surface area contributed by atoms with E-state index >= 15 is 0 Å². The Morgan fingerprint density at radius 3 is 2.40 bits per heavy atom. The van der Waals surface area contributed by atoms with E-state index in [1.54, 1.807) is 13.8 Å². The van der Waals surface area contributed by atoms with Crippen LogP contribution in [0.4, 0.5) is 0 Å². The Bertz CT molecular complexity index is 257. The maximum atomic E-state index is 11.2. The predicted molar refractivity (Wildman–Crippen MR) is 60.7 cm³/mol. The topological polar surface area (TPSA) is 63.6 Å². The predicted octanol–water partition coefficient (Wildman–Crippen LogP) is 0.989. The molecule has 5 heteroatoms. The molecule has 0 amide bonds. The molecule has 0 fully saturated rings. The molecule has 0 saturated carbocycles. The fourth-order valence-corrected chi connectivity index (χ4v) is 2.08. The molecule has 0 aromatic heterocycles. The number of rotatable bonds is 8. The van der Waals surface area contributed by atoms with Crippen molar-refractivity contribution in [2.24, 2.45) is 0 Å². The minimum atomic E-state index is -2.91. The van der Waals surface area contributed by atoms with Gasteiger partial charge in [-0.1, -0.05) is 6.92 Å². The van der Waals surface area contributed by atoms with Crippen molar-refractivity contribution in [1.82, 2.24) is 0 Å². The van der Waals surface area contributed by atoms with Crippen molar-refractivity contribution >= 4 is 9.84 Å². The molecule has 0 saturated heterocycles. The molecule has 15 heavy (non-hydrogen) atoms. The van der Waals surface area contributed by atoms with Crippen molar-refractivity contribution in [2.45, 2.75) is 39.2 Å². The molecule has 1 N–H and O–H groups in total. The summed E-state index contributed by atoms with van der Waals surface area (Å²) in [6, 6.07) is 0. The van der Waals surface area contributed by atoms with Crippen LogP contribution >= 0.6 is 0 Å². The molecule has 4 nitrogen and oxygen atoms in total. The highest BCUT2D eigenvalue weighted by Crippen LogP contribution is 2.13. The van der Waals surface area contributed by atoms with Crippen LogP contribution in [0.1, 0.15) is 33.6 Å². The molecule has 92 valence electrons. The molecule has 1 unspecified atom stereocenters. The van der Waals surface area contributed by atoms with Crippen LogP contribution in [0.25, 0.3) is 0 Å². The smallest absolute Gasteiger partial charge is 0.150 e. The van der Waals surface area contributed by atoms with Gasteiger partial charge in [-0.2, -0.15) is 0 Å². The minimum Gasteiger partial charge on any atom is -0.388 e. The zero-order valence-electron chi connectivity index (χ0n) is 9.82. The second kappa shape index (κ2) is 6.45. The lowest BCUT2D eigenvalue weighted by Gasteiger charge is -2.22. The normalized spacial score (nSPS) is 16.3. The van der Waals surface area contributed by atoms with Crippen LogP contribution in [0.3, 0.4) is 0 Å². The minimum absolute atomic E-state index is 0.145. The van der Waals surface area contributed by atoms with Crippen molar-refractivity contribution in [3.63, 3.8) is 0 Å². The molecular weight excluding hydrogens is 216 g/mol. The van der Waals surface area contributed by atoms with Crippen molar-refractivity contribution in [2.75, 3.05) is 24.7 Å². The Kier molecular flexibility index (Phi) is 6.40. The third kappa shape index (κ3) is 7.76. The highest BCUT2D eigenvalue weighted by atomic mass is 32.2. The molecule has 0 aromatic rings. The Morgan fingerprint density at radius 1 is 1.33 bits per heavy atom. The van der Waals surface area contributed by atoms with E-state index in [4.69, 9.17) is 4.74 Å². The van der Waals surface area contributed by atoms with Crippen molar-refractivity contribution in [3.8, 4) is 0 Å². The van der Waals surface area contributed by atoms with E-state index in [0.717, 1.165) is 0 Å². The fraction of sp³-hybridized carbons (Fsp3) is 1.00. The van der Waals surface area contributed by atoms with Crippen LogP contribution in [0, 0.1) is 0 Å². The first kappa shape index (κ1) is 14.9. The monoisotopic (exact) mass is 238 g/mol. The van der Waals surface area contributed by atoms with Gasteiger partial charge in [0.2, 0.25) is 0 Å². The number of hydrogen-bond donors (Lipinski definition) is 1. The van der Waals surface area contributed by atoms with Crippen molar-refractivity contribution < 1.29 is 18.3 Å². The lowest BCUT2D eigenvalue weighted by molar-refractivity contribution is -0.0357. The molecular formula is C10H22O4S. The summed E-state index contributed by atoms with van der Waals surface area (Å²) in [5.41, 5.74) is -0.917. The molecule has 0 radical (unpaired) electrons. The summed E-state index contributed by atoms with van der Waals surface area (Å²) in [7, 11) is -2.91. The number of hydrogen-bond acceptors (Lipinski definition) is 4. The Hall–Kier alpha value is -0.130. The molecule has 0 heterocycles. The Balaban J connectivity index is 3.84. The van der Waals surface area contributed by atoms with Crippen molar-refractivity contribution in [1.29, 1.82) is 0 Å². The van der Waals surface area contributed by atoms with Gasteiger partial charge in [0.25, 0.3) is 0 Å². The van der Waals surface area contributed by atoms with Gasteiger partial charge in [-0.3, -0.25) is 0 Å². The zero-order chi connectivity index (χ0) is 11.9. The summed E-state index contributed by atoms with van der Waals surface area (Å²) in [5, 5.41) is 9.80. The molecule has 0 spiro atoms. The van der Waals surface area contributed by atoms with E-state index in [1.807, 2.05) is 6.92 Å². The van der Waals surface area contributed by atoms with Gasteiger partial charge >= 0.3 is 0 Å². The molecule has 0 bridgehead atoms. The fourth-order valence-electron chi connectivity index (χ4n) is 1.21. The highest BCUT2D eigenvalue weighted by molar-refractivity contribution is 7.91. The Morgan fingerprint density at radius 2 is 1.93 bits per heavy atom.